The van der Waals surface area contributed by atoms with E-state index in [-0.39, 0.29) is 71.6 Å². The number of nitrogens with one attached hydrogen (secondary N) is 1. The van der Waals surface area contributed by atoms with Gasteiger partial charge in [0.1, 0.15) is 5.78 Å². The van der Waals surface area contributed by atoms with Crippen molar-refractivity contribution in [3.8, 4) is 0 Å². The minimum absolute atomic E-state index is 0.0847. The lowest BCUT2D eigenvalue weighted by Crippen LogP contribution is -2.60. The fraction of sp³-hybridized carbons (Fsp3) is 0.587. The summed E-state index contributed by atoms with van der Waals surface area (Å²) in [5, 5.41) is 2.51. The lowest BCUT2D eigenvalue weighted by molar-refractivity contribution is -0.145. The number of hydrogen-bond acceptors (Lipinski definition) is 7. The molecule has 5 aliphatic rings. The van der Waals surface area contributed by atoms with E-state index in [9.17, 15) is 50.3 Å². The molecule has 2 heterocycles. The van der Waals surface area contributed by atoms with Crippen molar-refractivity contribution in [1.29, 1.82) is 0 Å². The molecule has 4 fully saturated rings. The predicted molar refractivity (Wildman–Crippen MR) is 222 cm³/mol. The summed E-state index contributed by atoms with van der Waals surface area (Å²) >= 11 is 1.27. The van der Waals surface area contributed by atoms with E-state index in [0.29, 0.717) is 75.5 Å². The first-order chi connectivity index (χ1) is 29.2. The third-order valence-electron chi connectivity index (χ3n) is 14.8. The van der Waals surface area contributed by atoms with Crippen molar-refractivity contribution in [2.45, 2.75) is 121 Å². The van der Waals surface area contributed by atoms with Gasteiger partial charge in [0.25, 0.3) is 0 Å². The van der Waals surface area contributed by atoms with Crippen LogP contribution in [0.5, 0.6) is 0 Å². The van der Waals surface area contributed by atoms with Crippen LogP contribution in [0.4, 0.5) is 32.0 Å². The highest BCUT2D eigenvalue weighted by molar-refractivity contribution is 8.00. The number of fused-ring (bicyclic) bond motifs is 5. The van der Waals surface area contributed by atoms with Crippen molar-refractivity contribution in [3.63, 3.8) is 0 Å². The molecule has 2 aliphatic heterocycles. The molecule has 0 spiro atoms. The number of thioether (sulfide) groups is 1. The van der Waals surface area contributed by atoms with Crippen molar-refractivity contribution in [2.75, 3.05) is 17.7 Å². The number of nitrogens with zero attached hydrogens (tertiary/aromatic N) is 2. The smallest absolute Gasteiger partial charge is 0.331 e. The number of amides is 4. The molecule has 3 N–H and O–H groups in total. The summed E-state index contributed by atoms with van der Waals surface area (Å²) in [6.45, 7) is 4.93. The number of carbonyl (C=O) groups excluding carboxylic acids is 5. The minimum Gasteiger partial charge on any atom is -0.331 e. The first-order valence-electron chi connectivity index (χ1n) is 21.6. The zero-order valence-electron chi connectivity index (χ0n) is 35.0. The highest BCUT2D eigenvalue weighted by Gasteiger charge is 2.61. The van der Waals surface area contributed by atoms with Gasteiger partial charge in [-0.05, 0) is 122 Å². The van der Waals surface area contributed by atoms with Crippen LogP contribution in [0, 0.1) is 34.5 Å². The average molecular weight is 889 g/mol. The number of unbranched alkanes of at least 4 members (excludes halogenated alkanes) is 2. The maximum Gasteiger partial charge on any atom is 0.416 e. The number of anilines is 1. The minimum atomic E-state index is -4.90. The van der Waals surface area contributed by atoms with Crippen molar-refractivity contribution in [1.82, 2.24) is 9.80 Å². The van der Waals surface area contributed by atoms with Crippen LogP contribution in [0.2, 0.25) is 0 Å². The highest BCUT2D eigenvalue weighted by atomic mass is 32.2. The maximum atomic E-state index is 13.9. The molecular formula is C46H54F6N4O5S. The van der Waals surface area contributed by atoms with E-state index in [1.54, 1.807) is 6.08 Å². The van der Waals surface area contributed by atoms with E-state index in [2.05, 4.69) is 12.2 Å². The Hall–Kier alpha value is -4.18. The number of ketones is 1. The third-order valence-corrected chi connectivity index (χ3v) is 15.8. The van der Waals surface area contributed by atoms with Gasteiger partial charge in [-0.25, -0.2) is 0 Å². The number of likely N-dealkylation sites (tertiary alicyclic amines) is 1. The molecule has 62 heavy (non-hydrogen) atoms. The van der Waals surface area contributed by atoms with Crippen LogP contribution in [0.15, 0.2) is 54.6 Å². The zero-order chi connectivity index (χ0) is 44.8. The van der Waals surface area contributed by atoms with E-state index in [1.165, 1.54) is 16.7 Å². The Kier molecular flexibility index (Phi) is 13.1. The van der Waals surface area contributed by atoms with Crippen LogP contribution < -0.4 is 11.1 Å². The molecule has 0 aromatic heterocycles. The number of Topliss-reactive ketones (excluding diaryl/α,β-unsaturated/α-hetero) is 1. The number of alkyl halides is 6. The number of benzene rings is 2. The lowest BCUT2D eigenvalue weighted by Gasteiger charge is -2.60. The number of hydrogen-bond donors (Lipinski definition) is 2. The maximum absolute atomic E-state index is 13.9. The van der Waals surface area contributed by atoms with Gasteiger partial charge in [0.05, 0.1) is 16.4 Å². The summed E-state index contributed by atoms with van der Waals surface area (Å²) in [6.07, 6.45) is -0.308. The van der Waals surface area contributed by atoms with Gasteiger partial charge in [0.2, 0.25) is 23.6 Å². The Bertz CT molecular complexity index is 2090. The van der Waals surface area contributed by atoms with Gasteiger partial charge in [-0.3, -0.25) is 28.9 Å². The molecule has 1 unspecified atom stereocenters. The van der Waals surface area contributed by atoms with Gasteiger partial charge >= 0.3 is 12.4 Å². The van der Waals surface area contributed by atoms with Crippen LogP contribution in [0.3, 0.4) is 0 Å². The normalized spacial score (nSPS) is 29.7. The van der Waals surface area contributed by atoms with E-state index in [0.717, 1.165) is 24.8 Å². The summed E-state index contributed by atoms with van der Waals surface area (Å²) in [5.41, 5.74) is 3.11. The summed E-state index contributed by atoms with van der Waals surface area (Å²) in [7, 11) is 0. The van der Waals surface area contributed by atoms with Crippen molar-refractivity contribution < 1.29 is 50.3 Å². The topological polar surface area (TPSA) is 130 Å². The molecule has 0 bridgehead atoms. The summed E-state index contributed by atoms with van der Waals surface area (Å²) < 4.78 is 82.3. The van der Waals surface area contributed by atoms with Gasteiger partial charge in [0.15, 0.2) is 0 Å². The van der Waals surface area contributed by atoms with Crippen LogP contribution in [-0.4, -0.2) is 62.9 Å². The molecule has 3 saturated carbocycles. The molecule has 4 amide bonds. The molecule has 2 aromatic rings. The first-order valence-corrected chi connectivity index (χ1v) is 22.6. The Balaban J connectivity index is 0.936. The quantitative estimate of drug-likeness (QED) is 0.0839. The lowest BCUT2D eigenvalue weighted by atomic mass is 9.47. The summed E-state index contributed by atoms with van der Waals surface area (Å²) in [6, 6.07) is 8.63. The van der Waals surface area contributed by atoms with Gasteiger partial charge in [0, 0.05) is 61.3 Å². The average Bonchev–Trinajstić information content (AvgIpc) is 3.70. The molecule has 16 heteroatoms. The predicted octanol–water partition coefficient (Wildman–Crippen LogP) is 8.94. The van der Waals surface area contributed by atoms with Crippen LogP contribution in [0.1, 0.15) is 107 Å². The molecule has 336 valence electrons. The fourth-order valence-corrected chi connectivity index (χ4v) is 12.6. The molecule has 7 rings (SSSR count). The zero-order valence-corrected chi connectivity index (χ0v) is 35.8. The monoisotopic (exact) mass is 888 g/mol. The van der Waals surface area contributed by atoms with Crippen LogP contribution in [0.25, 0.3) is 0 Å². The fourth-order valence-electron chi connectivity index (χ4n) is 11.8. The van der Waals surface area contributed by atoms with E-state index in [4.69, 9.17) is 5.73 Å². The second kappa shape index (κ2) is 17.8. The van der Waals surface area contributed by atoms with Gasteiger partial charge < -0.3 is 16.0 Å². The Morgan fingerprint density at radius 3 is 2.32 bits per heavy atom. The molecule has 1 saturated heterocycles. The number of imide groups is 1. The summed E-state index contributed by atoms with van der Waals surface area (Å²) in [4.78, 5) is 67.9. The Morgan fingerprint density at radius 1 is 0.887 bits per heavy atom. The summed E-state index contributed by atoms with van der Waals surface area (Å²) in [5.74, 6) is -0.844. The van der Waals surface area contributed by atoms with Gasteiger partial charge in [-0.1, -0.05) is 38.5 Å². The number of rotatable bonds is 14. The van der Waals surface area contributed by atoms with Crippen molar-refractivity contribution in [2.24, 2.45) is 40.2 Å². The molecule has 3 aliphatic carbocycles. The molecule has 9 nitrogen and oxygen atoms in total. The first kappa shape index (κ1) is 45.8. The molecular weight excluding hydrogens is 835 g/mol. The second-order valence-electron chi connectivity index (χ2n) is 18.3. The van der Waals surface area contributed by atoms with Gasteiger partial charge in [-0.2, -0.15) is 26.3 Å². The largest absolute Gasteiger partial charge is 0.416 e. The number of halogens is 6. The Morgan fingerprint density at radius 2 is 1.63 bits per heavy atom. The van der Waals surface area contributed by atoms with Crippen LogP contribution in [-0.2, 0) is 49.3 Å². The highest BCUT2D eigenvalue weighted by Crippen LogP contribution is 2.66. The van der Waals surface area contributed by atoms with Crippen LogP contribution >= 0.6 is 11.8 Å². The Labute approximate surface area is 362 Å². The van der Waals surface area contributed by atoms with Gasteiger partial charge in [-0.15, -0.1) is 11.8 Å². The third kappa shape index (κ3) is 9.09. The van der Waals surface area contributed by atoms with E-state index in [1.807, 2.05) is 42.2 Å². The standard InChI is InChI=1S/C46H54F6N4O5S/c1-43-19-17-34-31(33(43)14-15-35(43)36(57)23-28-22-29(45(47,48)49)9-13-32(28)46(50,51)52)12-16-38-44(34,2)20-18-40(59)56(38)25-27-7-10-30(11-8-27)54-39(58)6-4-3-5-21-55-41(60)24-37(42(55)61)62-26-53/h7-11,13,18,20,22,31,33-35,37-38H,3-6,12,14-17,19,21,23-26,53H2,1-2H3,(H,54,58)/t31-,33-,34-,35+,37?,38+,43-,44+/m0/s1. The van der Waals surface area contributed by atoms with E-state index < -0.39 is 57.8 Å². The second-order valence-corrected chi connectivity index (χ2v) is 19.5. The number of nitrogens with two attached hydrogens (primary N) is 1. The molecule has 8 atom stereocenters. The molecule has 2 aromatic carbocycles. The van der Waals surface area contributed by atoms with Crippen molar-refractivity contribution in [3.05, 3.63) is 76.9 Å². The molecule has 0 radical (unpaired) electrons. The SMILES string of the molecule is C[C@]12C=CC(=O)N(Cc3ccc(NC(=O)CCCCCN4C(=O)CC(SCN)C4=O)cc3)[C@@H]1CC[C@@H]1[C@@H]2CC[C@]2(C)[C@@H](C(=O)Cc3cc(C(F)(F)F)ccc3C(F)(F)F)CC[C@@H]12. The van der Waals surface area contributed by atoms with E-state index >= 15 is 0 Å². The van der Waals surface area contributed by atoms with Crippen molar-refractivity contribution >= 4 is 46.9 Å². The number of carbonyl (C=O) groups is 5.